The van der Waals surface area contributed by atoms with Crippen molar-refractivity contribution in [2.75, 3.05) is 37.0 Å². The Kier molecular flexibility index (Phi) is 5.63. The Balaban J connectivity index is 1.68. The van der Waals surface area contributed by atoms with E-state index in [1.54, 1.807) is 24.8 Å². The minimum absolute atomic E-state index is 0.0406. The molecule has 0 radical (unpaired) electrons. The van der Waals surface area contributed by atoms with Crippen LogP contribution in [0.15, 0.2) is 17.8 Å². The van der Waals surface area contributed by atoms with Gasteiger partial charge in [-0.05, 0) is 26.2 Å². The summed E-state index contributed by atoms with van der Waals surface area (Å²) in [5, 5.41) is 3.10. The maximum atomic E-state index is 5.33. The highest BCUT2D eigenvalue weighted by atomic mass is 32.1. The molecule has 1 aliphatic heterocycles. The van der Waals surface area contributed by atoms with Crippen molar-refractivity contribution in [1.29, 1.82) is 0 Å². The van der Waals surface area contributed by atoms with Crippen LogP contribution in [0.1, 0.15) is 43.0 Å². The van der Waals surface area contributed by atoms with E-state index < -0.39 is 0 Å². The van der Waals surface area contributed by atoms with Crippen molar-refractivity contribution in [3.63, 3.8) is 0 Å². The molecule has 0 saturated carbocycles. The average Bonchev–Trinajstić information content (AvgIpc) is 3.10. The van der Waals surface area contributed by atoms with Crippen molar-refractivity contribution < 1.29 is 4.74 Å². The summed E-state index contributed by atoms with van der Waals surface area (Å²) in [7, 11) is 3.75. The Morgan fingerprint density at radius 2 is 2.08 bits per heavy atom. The van der Waals surface area contributed by atoms with Crippen LogP contribution in [0, 0.1) is 0 Å². The number of hydrogen-bond acceptors (Lipinski definition) is 7. The lowest BCUT2D eigenvalue weighted by molar-refractivity contribution is 0.119. The third kappa shape index (κ3) is 4.02. The lowest BCUT2D eigenvalue weighted by atomic mass is 10.1. The normalized spacial score (nSPS) is 16.2. The molecule has 0 bridgehead atoms. The van der Waals surface area contributed by atoms with E-state index in [0.29, 0.717) is 0 Å². The van der Waals surface area contributed by atoms with E-state index in [4.69, 9.17) is 4.74 Å². The summed E-state index contributed by atoms with van der Waals surface area (Å²) in [4.78, 5) is 18.0. The van der Waals surface area contributed by atoms with Crippen LogP contribution in [0.2, 0.25) is 0 Å². The van der Waals surface area contributed by atoms with Gasteiger partial charge in [0.2, 0.25) is 0 Å². The Morgan fingerprint density at radius 1 is 1.29 bits per heavy atom. The van der Waals surface area contributed by atoms with E-state index in [1.807, 2.05) is 14.0 Å². The molecule has 1 saturated heterocycles. The first-order valence-corrected chi connectivity index (χ1v) is 9.30. The van der Waals surface area contributed by atoms with Gasteiger partial charge in [0.15, 0.2) is 0 Å². The minimum Gasteiger partial charge on any atom is -0.375 e. The van der Waals surface area contributed by atoms with Gasteiger partial charge in [0.25, 0.3) is 0 Å². The molecule has 1 atom stereocenters. The number of rotatable bonds is 6. The molecular formula is C17H25N5OS. The number of ether oxygens (including phenoxy) is 1. The summed E-state index contributed by atoms with van der Waals surface area (Å²) in [5.74, 6) is 1.96. The molecule has 7 heteroatoms. The van der Waals surface area contributed by atoms with Crippen molar-refractivity contribution in [2.24, 2.45) is 0 Å². The fourth-order valence-corrected chi connectivity index (χ4v) is 3.69. The lowest BCUT2D eigenvalue weighted by Crippen LogP contribution is -2.30. The first-order valence-electron chi connectivity index (χ1n) is 8.42. The molecule has 2 aromatic heterocycles. The summed E-state index contributed by atoms with van der Waals surface area (Å²) in [5.41, 5.74) is 1.04. The van der Waals surface area contributed by atoms with Gasteiger partial charge in [0.05, 0.1) is 12.2 Å². The molecule has 0 N–H and O–H groups in total. The standard InChI is InChI=1S/C17H25N5OS/c1-13(23-3)17-20-14(11-24-17)10-21(2)15-9-16(19-12-18-15)22-7-5-4-6-8-22/h9,11-13H,4-8,10H2,1-3H3. The number of aromatic nitrogens is 3. The molecule has 1 aliphatic rings. The van der Waals surface area contributed by atoms with Crippen LogP contribution in [0.4, 0.5) is 11.6 Å². The molecule has 1 fully saturated rings. The second-order valence-electron chi connectivity index (χ2n) is 6.19. The summed E-state index contributed by atoms with van der Waals surface area (Å²) >= 11 is 1.64. The monoisotopic (exact) mass is 347 g/mol. The van der Waals surface area contributed by atoms with Crippen LogP contribution in [0.25, 0.3) is 0 Å². The van der Waals surface area contributed by atoms with Crippen LogP contribution in [-0.2, 0) is 11.3 Å². The van der Waals surface area contributed by atoms with Gasteiger partial charge in [0.1, 0.15) is 29.1 Å². The van der Waals surface area contributed by atoms with Crippen LogP contribution in [0.5, 0.6) is 0 Å². The quantitative estimate of drug-likeness (QED) is 0.799. The maximum Gasteiger partial charge on any atom is 0.134 e. The van der Waals surface area contributed by atoms with Crippen LogP contribution in [0.3, 0.4) is 0 Å². The molecule has 3 rings (SSSR count). The largest absolute Gasteiger partial charge is 0.375 e. The van der Waals surface area contributed by atoms with Gasteiger partial charge in [-0.2, -0.15) is 0 Å². The molecular weight excluding hydrogens is 322 g/mol. The zero-order chi connectivity index (χ0) is 16.9. The van der Waals surface area contributed by atoms with Gasteiger partial charge in [-0.1, -0.05) is 0 Å². The predicted octanol–water partition coefficient (Wildman–Crippen LogP) is 3.27. The van der Waals surface area contributed by atoms with E-state index in [-0.39, 0.29) is 6.10 Å². The predicted molar refractivity (Wildman–Crippen MR) is 97.7 cm³/mol. The van der Waals surface area contributed by atoms with Gasteiger partial charge < -0.3 is 14.5 Å². The van der Waals surface area contributed by atoms with Gasteiger partial charge in [0, 0.05) is 38.7 Å². The molecule has 0 aliphatic carbocycles. The third-order valence-electron chi connectivity index (χ3n) is 4.38. The smallest absolute Gasteiger partial charge is 0.134 e. The molecule has 2 aromatic rings. The average molecular weight is 347 g/mol. The number of thiazole rings is 1. The molecule has 3 heterocycles. The molecule has 0 spiro atoms. The number of anilines is 2. The Morgan fingerprint density at radius 3 is 2.83 bits per heavy atom. The highest BCUT2D eigenvalue weighted by molar-refractivity contribution is 7.09. The highest BCUT2D eigenvalue weighted by Gasteiger charge is 2.15. The van der Waals surface area contributed by atoms with Crippen LogP contribution in [-0.4, -0.2) is 42.2 Å². The van der Waals surface area contributed by atoms with E-state index >= 15 is 0 Å². The molecule has 130 valence electrons. The fraction of sp³-hybridized carbons (Fsp3) is 0.588. The van der Waals surface area contributed by atoms with Crippen molar-refractivity contribution in [3.8, 4) is 0 Å². The molecule has 6 nitrogen and oxygen atoms in total. The zero-order valence-electron chi connectivity index (χ0n) is 14.6. The Labute approximate surface area is 147 Å². The molecule has 24 heavy (non-hydrogen) atoms. The van der Waals surface area contributed by atoms with Crippen LogP contribution >= 0.6 is 11.3 Å². The third-order valence-corrected chi connectivity index (χ3v) is 5.43. The summed E-state index contributed by atoms with van der Waals surface area (Å²) in [6.45, 7) is 4.92. The molecule has 1 unspecified atom stereocenters. The van der Waals surface area contributed by atoms with E-state index in [1.165, 1.54) is 19.3 Å². The number of nitrogens with zero attached hydrogens (tertiary/aromatic N) is 5. The SMILES string of the molecule is COC(C)c1nc(CN(C)c2cc(N3CCCCC3)ncn2)cs1. The minimum atomic E-state index is 0.0406. The second kappa shape index (κ2) is 7.90. The van der Waals surface area contributed by atoms with Crippen molar-refractivity contribution in [2.45, 2.75) is 38.8 Å². The second-order valence-corrected chi connectivity index (χ2v) is 7.08. The van der Waals surface area contributed by atoms with Gasteiger partial charge in [-0.25, -0.2) is 15.0 Å². The lowest BCUT2D eigenvalue weighted by Gasteiger charge is -2.28. The summed E-state index contributed by atoms with van der Waals surface area (Å²) < 4.78 is 5.33. The zero-order valence-corrected chi connectivity index (χ0v) is 15.4. The van der Waals surface area contributed by atoms with Crippen molar-refractivity contribution >= 4 is 23.0 Å². The number of piperidine rings is 1. The van der Waals surface area contributed by atoms with E-state index in [2.05, 4.69) is 36.2 Å². The van der Waals surface area contributed by atoms with Crippen molar-refractivity contribution in [3.05, 3.63) is 28.5 Å². The Bertz CT molecular complexity index is 656. The van der Waals surface area contributed by atoms with E-state index in [9.17, 15) is 0 Å². The first kappa shape index (κ1) is 17.1. The number of methoxy groups -OCH3 is 1. The van der Waals surface area contributed by atoms with Gasteiger partial charge in [-0.3, -0.25) is 0 Å². The highest BCUT2D eigenvalue weighted by Crippen LogP contribution is 2.24. The van der Waals surface area contributed by atoms with Gasteiger partial charge >= 0.3 is 0 Å². The van der Waals surface area contributed by atoms with Crippen molar-refractivity contribution in [1.82, 2.24) is 15.0 Å². The Hall–Kier alpha value is -1.73. The van der Waals surface area contributed by atoms with Gasteiger partial charge in [-0.15, -0.1) is 11.3 Å². The van der Waals surface area contributed by atoms with Crippen LogP contribution < -0.4 is 9.80 Å². The first-order chi connectivity index (χ1) is 11.7. The summed E-state index contributed by atoms with van der Waals surface area (Å²) in [6.07, 6.45) is 5.51. The summed E-state index contributed by atoms with van der Waals surface area (Å²) in [6, 6.07) is 2.08. The molecule has 0 amide bonds. The molecule has 0 aromatic carbocycles. The van der Waals surface area contributed by atoms with E-state index in [0.717, 1.165) is 42.0 Å². The topological polar surface area (TPSA) is 54.4 Å². The number of hydrogen-bond donors (Lipinski definition) is 0. The fourth-order valence-electron chi connectivity index (χ4n) is 2.85. The maximum absolute atomic E-state index is 5.33.